The average Bonchev–Trinajstić information content (AvgIpc) is 2.90. The van der Waals surface area contributed by atoms with Crippen molar-refractivity contribution in [2.24, 2.45) is 0 Å². The molecule has 0 aromatic heterocycles. The van der Waals surface area contributed by atoms with Gasteiger partial charge in [-0.2, -0.15) is 0 Å². The molecule has 1 heterocycles. The van der Waals surface area contributed by atoms with Crippen LogP contribution in [0.2, 0.25) is 0 Å². The van der Waals surface area contributed by atoms with Gasteiger partial charge in [0.05, 0.1) is 10.6 Å². The zero-order chi connectivity index (χ0) is 17.4. The summed E-state index contributed by atoms with van der Waals surface area (Å²) < 4.78 is 13.5. The SMILES string of the molecule is O=C1/C(=C\c2ccc(F)cc2)SC(=S)N1c1cccc2ccccc12. The third kappa shape index (κ3) is 2.97. The van der Waals surface area contributed by atoms with Crippen LogP contribution in [0.1, 0.15) is 5.56 Å². The molecule has 2 nitrogen and oxygen atoms in total. The summed E-state index contributed by atoms with van der Waals surface area (Å²) in [5.74, 6) is -0.462. The van der Waals surface area contributed by atoms with E-state index in [2.05, 4.69) is 0 Å². The number of carbonyl (C=O) groups is 1. The third-order valence-electron chi connectivity index (χ3n) is 3.97. The largest absolute Gasteiger partial charge is 0.270 e. The molecule has 122 valence electrons. The normalized spacial score (nSPS) is 16.2. The molecule has 25 heavy (non-hydrogen) atoms. The number of thioether (sulfide) groups is 1. The Balaban J connectivity index is 1.75. The molecule has 3 aromatic carbocycles. The van der Waals surface area contributed by atoms with Gasteiger partial charge in [0.15, 0.2) is 4.32 Å². The first-order chi connectivity index (χ1) is 12.1. The fourth-order valence-corrected chi connectivity index (χ4v) is 4.07. The molecule has 1 amide bonds. The second-order valence-electron chi connectivity index (χ2n) is 5.57. The van der Waals surface area contributed by atoms with Crippen LogP contribution in [-0.4, -0.2) is 10.2 Å². The van der Waals surface area contributed by atoms with E-state index < -0.39 is 0 Å². The summed E-state index contributed by atoms with van der Waals surface area (Å²) in [5, 5.41) is 2.03. The lowest BCUT2D eigenvalue weighted by atomic mass is 10.1. The Morgan fingerprint density at radius 2 is 1.68 bits per heavy atom. The summed E-state index contributed by atoms with van der Waals surface area (Å²) in [6.07, 6.45) is 1.74. The van der Waals surface area contributed by atoms with E-state index in [4.69, 9.17) is 12.2 Å². The second-order valence-corrected chi connectivity index (χ2v) is 7.24. The van der Waals surface area contributed by atoms with Gasteiger partial charge in [-0.3, -0.25) is 9.69 Å². The van der Waals surface area contributed by atoms with Gasteiger partial charge < -0.3 is 0 Å². The first kappa shape index (κ1) is 16.0. The molecule has 0 N–H and O–H groups in total. The minimum Gasteiger partial charge on any atom is -0.268 e. The standard InChI is InChI=1S/C20H12FNOS2/c21-15-10-8-13(9-11-15)12-18-19(23)22(20(24)25-18)17-7-3-5-14-4-1-2-6-16(14)17/h1-12H/b18-12+. The van der Waals surface area contributed by atoms with E-state index in [1.54, 1.807) is 23.1 Å². The first-order valence-electron chi connectivity index (χ1n) is 7.65. The monoisotopic (exact) mass is 365 g/mol. The molecule has 0 aliphatic carbocycles. The molecule has 0 unspecified atom stereocenters. The highest BCUT2D eigenvalue weighted by Crippen LogP contribution is 2.38. The number of carbonyl (C=O) groups excluding carboxylic acids is 1. The fourth-order valence-electron chi connectivity index (χ4n) is 2.79. The lowest BCUT2D eigenvalue weighted by Gasteiger charge is -2.17. The second kappa shape index (κ2) is 6.43. The van der Waals surface area contributed by atoms with Crippen LogP contribution in [0.3, 0.4) is 0 Å². The predicted octanol–water partition coefficient (Wildman–Crippen LogP) is 5.38. The molecule has 1 saturated heterocycles. The molecular weight excluding hydrogens is 353 g/mol. The molecule has 0 bridgehead atoms. The Morgan fingerprint density at radius 1 is 0.960 bits per heavy atom. The van der Waals surface area contributed by atoms with Crippen molar-refractivity contribution in [1.82, 2.24) is 0 Å². The predicted molar refractivity (Wildman–Crippen MR) is 106 cm³/mol. The van der Waals surface area contributed by atoms with Crippen LogP contribution in [-0.2, 0) is 4.79 Å². The molecule has 0 saturated carbocycles. The van der Waals surface area contributed by atoms with Gasteiger partial charge in [0.2, 0.25) is 0 Å². The van der Waals surface area contributed by atoms with Crippen molar-refractivity contribution in [1.29, 1.82) is 0 Å². The molecule has 0 spiro atoms. The van der Waals surface area contributed by atoms with Crippen molar-refractivity contribution in [3.8, 4) is 0 Å². The van der Waals surface area contributed by atoms with Crippen molar-refractivity contribution in [3.63, 3.8) is 0 Å². The average molecular weight is 365 g/mol. The van der Waals surface area contributed by atoms with Crippen LogP contribution in [0.25, 0.3) is 16.8 Å². The summed E-state index contributed by atoms with van der Waals surface area (Å²) in [6, 6.07) is 19.7. The number of amides is 1. The van der Waals surface area contributed by atoms with Crippen LogP contribution in [0, 0.1) is 5.82 Å². The maximum Gasteiger partial charge on any atom is 0.270 e. The van der Waals surface area contributed by atoms with Crippen molar-refractivity contribution >= 4 is 56.7 Å². The van der Waals surface area contributed by atoms with Gasteiger partial charge in [-0.1, -0.05) is 72.5 Å². The molecule has 1 aliphatic rings. The van der Waals surface area contributed by atoms with Gasteiger partial charge >= 0.3 is 0 Å². The Morgan fingerprint density at radius 3 is 2.48 bits per heavy atom. The number of fused-ring (bicyclic) bond motifs is 1. The maximum atomic E-state index is 13.0. The summed E-state index contributed by atoms with van der Waals surface area (Å²) >= 11 is 6.70. The molecule has 1 fully saturated rings. The van der Waals surface area contributed by atoms with Gasteiger partial charge in [-0.05, 0) is 35.2 Å². The lowest BCUT2D eigenvalue weighted by molar-refractivity contribution is -0.113. The van der Waals surface area contributed by atoms with Crippen LogP contribution >= 0.6 is 24.0 Å². The van der Waals surface area contributed by atoms with E-state index >= 15 is 0 Å². The highest BCUT2D eigenvalue weighted by molar-refractivity contribution is 8.27. The van der Waals surface area contributed by atoms with Gasteiger partial charge in [0.1, 0.15) is 5.82 Å². The molecule has 0 radical (unpaired) electrons. The Hall–Kier alpha value is -2.50. The summed E-state index contributed by atoms with van der Waals surface area (Å²) in [6.45, 7) is 0. The zero-order valence-corrected chi connectivity index (χ0v) is 14.6. The van der Waals surface area contributed by atoms with E-state index in [1.807, 2.05) is 42.5 Å². The minimum atomic E-state index is -0.305. The highest BCUT2D eigenvalue weighted by atomic mass is 32.2. The molecule has 3 aromatic rings. The number of hydrogen-bond acceptors (Lipinski definition) is 3. The summed E-state index contributed by atoms with van der Waals surface area (Å²) in [5.41, 5.74) is 1.54. The van der Waals surface area contributed by atoms with Crippen LogP contribution < -0.4 is 4.90 Å². The highest BCUT2D eigenvalue weighted by Gasteiger charge is 2.34. The van der Waals surface area contributed by atoms with E-state index in [9.17, 15) is 9.18 Å². The van der Waals surface area contributed by atoms with Crippen molar-refractivity contribution < 1.29 is 9.18 Å². The van der Waals surface area contributed by atoms with Crippen molar-refractivity contribution in [2.75, 3.05) is 4.90 Å². The van der Waals surface area contributed by atoms with Crippen molar-refractivity contribution in [3.05, 3.63) is 83.0 Å². The number of anilines is 1. The minimum absolute atomic E-state index is 0.157. The van der Waals surface area contributed by atoms with E-state index in [1.165, 1.54) is 23.9 Å². The zero-order valence-electron chi connectivity index (χ0n) is 13.0. The summed E-state index contributed by atoms with van der Waals surface area (Å²) in [7, 11) is 0. The van der Waals surface area contributed by atoms with Crippen molar-refractivity contribution in [2.45, 2.75) is 0 Å². The number of thiocarbonyl (C=S) groups is 1. The molecular formula is C20H12FNOS2. The number of halogens is 1. The first-order valence-corrected chi connectivity index (χ1v) is 8.87. The van der Waals surface area contributed by atoms with Gasteiger partial charge in [0, 0.05) is 5.39 Å². The smallest absolute Gasteiger partial charge is 0.268 e. The summed E-state index contributed by atoms with van der Waals surface area (Å²) in [4.78, 5) is 15.0. The number of hydrogen-bond donors (Lipinski definition) is 0. The number of benzene rings is 3. The number of rotatable bonds is 2. The van der Waals surface area contributed by atoms with Crippen LogP contribution in [0.15, 0.2) is 71.6 Å². The maximum absolute atomic E-state index is 13.0. The fraction of sp³-hybridized carbons (Fsp3) is 0. The van der Waals surface area contributed by atoms with E-state index in [0.717, 1.165) is 22.0 Å². The molecule has 0 atom stereocenters. The Kier molecular flexibility index (Phi) is 4.11. The number of nitrogens with zero attached hydrogens (tertiary/aromatic N) is 1. The van der Waals surface area contributed by atoms with Crippen LogP contribution in [0.4, 0.5) is 10.1 Å². The molecule has 1 aliphatic heterocycles. The third-order valence-corrected chi connectivity index (χ3v) is 5.27. The molecule has 5 heteroatoms. The van der Waals surface area contributed by atoms with E-state index in [-0.39, 0.29) is 11.7 Å². The van der Waals surface area contributed by atoms with Gasteiger partial charge in [-0.15, -0.1) is 0 Å². The Bertz CT molecular complexity index is 1020. The van der Waals surface area contributed by atoms with Gasteiger partial charge in [0.25, 0.3) is 5.91 Å². The van der Waals surface area contributed by atoms with Gasteiger partial charge in [-0.25, -0.2) is 4.39 Å². The lowest BCUT2D eigenvalue weighted by Crippen LogP contribution is -2.27. The molecule has 4 rings (SSSR count). The van der Waals surface area contributed by atoms with Crippen LogP contribution in [0.5, 0.6) is 0 Å². The topological polar surface area (TPSA) is 20.3 Å². The quantitative estimate of drug-likeness (QED) is 0.449. The Labute approximate surface area is 154 Å². The van der Waals surface area contributed by atoms with E-state index in [0.29, 0.717) is 9.23 Å².